The molecular weight excluding hydrogens is 276 g/mol. The van der Waals surface area contributed by atoms with E-state index in [1.807, 2.05) is 11.3 Å². The number of hydrogen-bond donors (Lipinski definition) is 1. The molecule has 1 fully saturated rings. The molecule has 0 bridgehead atoms. The molecule has 1 unspecified atom stereocenters. The Morgan fingerprint density at radius 3 is 2.62 bits per heavy atom. The molecule has 3 aromatic rings. The zero-order valence-corrected chi connectivity index (χ0v) is 12.6. The van der Waals surface area contributed by atoms with Crippen LogP contribution in [-0.2, 0) is 0 Å². The standard InChI is InChI=1S/C18H18N2S/c1-2-11-20(10-1)16-6-3-5-15(13-16)19-18(14-8-9-14)17-7-4-12-21-17/h1-7,10-14,18-19H,8-9H2. The van der Waals surface area contributed by atoms with Crippen molar-refractivity contribution >= 4 is 17.0 Å². The van der Waals surface area contributed by atoms with Gasteiger partial charge in [-0.25, -0.2) is 0 Å². The van der Waals surface area contributed by atoms with Crippen LogP contribution < -0.4 is 5.32 Å². The van der Waals surface area contributed by atoms with E-state index < -0.39 is 0 Å². The van der Waals surface area contributed by atoms with Gasteiger partial charge < -0.3 is 9.88 Å². The van der Waals surface area contributed by atoms with Crippen LogP contribution in [0.25, 0.3) is 5.69 Å². The normalized spacial score (nSPS) is 15.8. The molecule has 0 saturated heterocycles. The summed E-state index contributed by atoms with van der Waals surface area (Å²) in [5.41, 5.74) is 2.40. The predicted octanol–water partition coefficient (Wildman–Crippen LogP) is 5.10. The summed E-state index contributed by atoms with van der Waals surface area (Å²) in [5, 5.41) is 5.91. The van der Waals surface area contributed by atoms with Crippen LogP contribution in [0.2, 0.25) is 0 Å². The van der Waals surface area contributed by atoms with Crippen molar-refractivity contribution in [3.63, 3.8) is 0 Å². The zero-order valence-electron chi connectivity index (χ0n) is 11.8. The molecule has 0 amide bonds. The minimum atomic E-state index is 0.463. The Bertz CT molecular complexity index is 697. The molecule has 4 rings (SSSR count). The smallest absolute Gasteiger partial charge is 0.0634 e. The SMILES string of the molecule is c1cc(NC(c2cccs2)C2CC2)cc(-n2cccc2)c1. The third kappa shape index (κ3) is 2.74. The average Bonchev–Trinajstić information content (AvgIpc) is 3.01. The van der Waals surface area contributed by atoms with E-state index in [-0.39, 0.29) is 0 Å². The van der Waals surface area contributed by atoms with Crippen molar-refractivity contribution in [1.29, 1.82) is 0 Å². The van der Waals surface area contributed by atoms with E-state index >= 15 is 0 Å². The van der Waals surface area contributed by atoms with Gasteiger partial charge in [-0.2, -0.15) is 0 Å². The first-order chi connectivity index (χ1) is 10.4. The fourth-order valence-corrected chi connectivity index (χ4v) is 3.63. The fourth-order valence-electron chi connectivity index (χ4n) is 2.76. The largest absolute Gasteiger partial charge is 0.377 e. The summed E-state index contributed by atoms with van der Waals surface area (Å²) in [6.45, 7) is 0. The summed E-state index contributed by atoms with van der Waals surface area (Å²) in [4.78, 5) is 1.45. The molecule has 1 aliphatic carbocycles. The van der Waals surface area contributed by atoms with E-state index in [0.29, 0.717) is 6.04 Å². The van der Waals surface area contributed by atoms with Gasteiger partial charge in [0.25, 0.3) is 0 Å². The molecule has 106 valence electrons. The third-order valence-corrected chi connectivity index (χ3v) is 4.97. The van der Waals surface area contributed by atoms with Gasteiger partial charge in [0, 0.05) is 28.6 Å². The molecule has 1 aliphatic rings. The number of nitrogens with one attached hydrogen (secondary N) is 1. The van der Waals surface area contributed by atoms with Crippen molar-refractivity contribution in [2.75, 3.05) is 5.32 Å². The molecule has 2 heterocycles. The van der Waals surface area contributed by atoms with Gasteiger partial charge in [0.2, 0.25) is 0 Å². The summed E-state index contributed by atoms with van der Waals surface area (Å²) in [6, 6.07) is 17.6. The molecule has 3 heteroatoms. The zero-order chi connectivity index (χ0) is 14.1. The van der Waals surface area contributed by atoms with E-state index in [1.165, 1.54) is 29.1 Å². The van der Waals surface area contributed by atoms with Crippen molar-refractivity contribution in [2.24, 2.45) is 5.92 Å². The van der Waals surface area contributed by atoms with Gasteiger partial charge in [-0.15, -0.1) is 11.3 Å². The minimum Gasteiger partial charge on any atom is -0.377 e. The summed E-state index contributed by atoms with van der Waals surface area (Å²) in [7, 11) is 0. The van der Waals surface area contributed by atoms with Crippen LogP contribution in [0.4, 0.5) is 5.69 Å². The van der Waals surface area contributed by atoms with Crippen LogP contribution >= 0.6 is 11.3 Å². The molecule has 1 aromatic carbocycles. The lowest BCUT2D eigenvalue weighted by Gasteiger charge is -2.19. The molecular formula is C18H18N2S. The molecule has 1 N–H and O–H groups in total. The highest BCUT2D eigenvalue weighted by molar-refractivity contribution is 7.10. The van der Waals surface area contributed by atoms with Crippen molar-refractivity contribution < 1.29 is 0 Å². The van der Waals surface area contributed by atoms with Gasteiger partial charge in [0.15, 0.2) is 0 Å². The fraction of sp³-hybridized carbons (Fsp3) is 0.222. The van der Waals surface area contributed by atoms with Crippen LogP contribution in [0.1, 0.15) is 23.8 Å². The lowest BCUT2D eigenvalue weighted by molar-refractivity contribution is 0.691. The number of anilines is 1. The number of thiophene rings is 1. The maximum Gasteiger partial charge on any atom is 0.0634 e. The molecule has 0 aliphatic heterocycles. The summed E-state index contributed by atoms with van der Waals surface area (Å²) < 4.78 is 2.14. The first-order valence-corrected chi connectivity index (χ1v) is 8.31. The Kier molecular flexibility index (Phi) is 3.28. The number of hydrogen-bond acceptors (Lipinski definition) is 2. The number of rotatable bonds is 5. The molecule has 2 aromatic heterocycles. The Morgan fingerprint density at radius 2 is 1.90 bits per heavy atom. The Morgan fingerprint density at radius 1 is 1.05 bits per heavy atom. The van der Waals surface area contributed by atoms with Crippen LogP contribution in [-0.4, -0.2) is 4.57 Å². The van der Waals surface area contributed by atoms with Crippen LogP contribution in [0, 0.1) is 5.92 Å². The number of aromatic nitrogens is 1. The second-order valence-electron chi connectivity index (χ2n) is 5.62. The second-order valence-corrected chi connectivity index (χ2v) is 6.59. The van der Waals surface area contributed by atoms with Gasteiger partial charge in [-0.1, -0.05) is 12.1 Å². The summed E-state index contributed by atoms with van der Waals surface area (Å²) >= 11 is 1.85. The van der Waals surface area contributed by atoms with Crippen LogP contribution in [0.3, 0.4) is 0 Å². The first-order valence-electron chi connectivity index (χ1n) is 7.43. The minimum absolute atomic E-state index is 0.463. The molecule has 0 radical (unpaired) electrons. The van der Waals surface area contributed by atoms with Crippen LogP contribution in [0.15, 0.2) is 66.3 Å². The highest BCUT2D eigenvalue weighted by atomic mass is 32.1. The van der Waals surface area contributed by atoms with Gasteiger partial charge in [0.1, 0.15) is 0 Å². The maximum absolute atomic E-state index is 3.74. The van der Waals surface area contributed by atoms with Crippen molar-refractivity contribution in [2.45, 2.75) is 18.9 Å². The second kappa shape index (κ2) is 5.41. The Hall–Kier alpha value is -2.00. The Labute approximate surface area is 129 Å². The average molecular weight is 294 g/mol. The molecule has 1 atom stereocenters. The van der Waals surface area contributed by atoms with Gasteiger partial charge in [-0.3, -0.25) is 0 Å². The summed E-state index contributed by atoms with van der Waals surface area (Å²) in [6.07, 6.45) is 6.84. The van der Waals surface area contributed by atoms with E-state index in [0.717, 1.165) is 5.92 Å². The van der Waals surface area contributed by atoms with E-state index in [2.05, 4.69) is 76.2 Å². The third-order valence-electron chi connectivity index (χ3n) is 4.01. The van der Waals surface area contributed by atoms with Crippen molar-refractivity contribution in [3.8, 4) is 5.69 Å². The van der Waals surface area contributed by atoms with E-state index in [4.69, 9.17) is 0 Å². The molecule has 21 heavy (non-hydrogen) atoms. The Balaban J connectivity index is 1.60. The van der Waals surface area contributed by atoms with Crippen molar-refractivity contribution in [3.05, 3.63) is 71.2 Å². The molecule has 2 nitrogen and oxygen atoms in total. The van der Waals surface area contributed by atoms with Gasteiger partial charge in [-0.05, 0) is 60.5 Å². The number of nitrogens with zero attached hydrogens (tertiary/aromatic N) is 1. The van der Waals surface area contributed by atoms with Crippen molar-refractivity contribution in [1.82, 2.24) is 4.57 Å². The number of benzene rings is 1. The molecule has 1 saturated carbocycles. The van der Waals surface area contributed by atoms with Gasteiger partial charge in [0.05, 0.1) is 6.04 Å². The predicted molar refractivity (Wildman–Crippen MR) is 89.2 cm³/mol. The first kappa shape index (κ1) is 12.7. The topological polar surface area (TPSA) is 17.0 Å². The monoisotopic (exact) mass is 294 g/mol. The van der Waals surface area contributed by atoms with E-state index in [9.17, 15) is 0 Å². The lowest BCUT2D eigenvalue weighted by Crippen LogP contribution is -2.11. The molecule has 0 spiro atoms. The maximum atomic E-state index is 3.74. The highest BCUT2D eigenvalue weighted by Gasteiger charge is 2.32. The van der Waals surface area contributed by atoms with Crippen LogP contribution in [0.5, 0.6) is 0 Å². The lowest BCUT2D eigenvalue weighted by atomic mass is 10.1. The highest BCUT2D eigenvalue weighted by Crippen LogP contribution is 2.44. The van der Waals surface area contributed by atoms with Gasteiger partial charge >= 0.3 is 0 Å². The summed E-state index contributed by atoms with van der Waals surface area (Å²) in [5.74, 6) is 0.791. The van der Waals surface area contributed by atoms with E-state index in [1.54, 1.807) is 0 Å². The quantitative estimate of drug-likeness (QED) is 0.692.